The van der Waals surface area contributed by atoms with Crippen LogP contribution in [0.15, 0.2) is 78.0 Å². The molecule has 0 aliphatic rings. The Morgan fingerprint density at radius 3 is 2.46 bits per heavy atom. The summed E-state index contributed by atoms with van der Waals surface area (Å²) in [7, 11) is 1.34. The van der Waals surface area contributed by atoms with E-state index in [9.17, 15) is 9.59 Å². The molecule has 0 aliphatic carbocycles. The number of allylic oxidation sites excluding steroid dienone is 7. The Labute approximate surface area is 218 Å². The van der Waals surface area contributed by atoms with Crippen molar-refractivity contribution in [3.63, 3.8) is 0 Å². The van der Waals surface area contributed by atoms with Crippen molar-refractivity contribution in [3.8, 4) is 5.75 Å². The van der Waals surface area contributed by atoms with Gasteiger partial charge < -0.3 is 14.2 Å². The largest absolute Gasteiger partial charge is 0.480 e. The van der Waals surface area contributed by atoms with Crippen molar-refractivity contribution in [2.75, 3.05) is 13.7 Å². The second-order valence-corrected chi connectivity index (χ2v) is 8.94. The molecular weight excluding hydrogens is 487 g/mol. The van der Waals surface area contributed by atoms with Crippen LogP contribution in [0.25, 0.3) is 0 Å². The van der Waals surface area contributed by atoms with Gasteiger partial charge in [0, 0.05) is 11.1 Å². The van der Waals surface area contributed by atoms with Crippen molar-refractivity contribution in [1.82, 2.24) is 0 Å². The summed E-state index contributed by atoms with van der Waals surface area (Å²) in [6.07, 6.45) is 13.8. The number of carbonyl (C=O) groups excluding carboxylic acids is 2. The number of hydrogen-bond acceptors (Lipinski definition) is 5. The summed E-state index contributed by atoms with van der Waals surface area (Å²) in [6, 6.07) is 4.80. The van der Waals surface area contributed by atoms with Gasteiger partial charge in [-0.15, -0.1) is 0 Å². The number of hydrogen-bond donors (Lipinski definition) is 0. The normalized spacial score (nSPS) is 13.2. The van der Waals surface area contributed by atoms with Gasteiger partial charge in [-0.1, -0.05) is 71.3 Å². The number of methoxy groups -OCH3 is 1. The van der Waals surface area contributed by atoms with Gasteiger partial charge >= 0.3 is 11.9 Å². The highest BCUT2D eigenvalue weighted by molar-refractivity contribution is 6.35. The first-order valence-electron chi connectivity index (χ1n) is 11.3. The fourth-order valence-electron chi connectivity index (χ4n) is 2.90. The Morgan fingerprint density at radius 1 is 1.06 bits per heavy atom. The van der Waals surface area contributed by atoms with Crippen LogP contribution in [0.1, 0.15) is 46.5 Å². The molecule has 0 aliphatic heterocycles. The van der Waals surface area contributed by atoms with Crippen LogP contribution in [0.4, 0.5) is 0 Å². The molecule has 0 radical (unpaired) electrons. The molecule has 190 valence electrons. The summed E-state index contributed by atoms with van der Waals surface area (Å²) in [5.41, 5.74) is 3.23. The molecule has 0 fully saturated rings. The van der Waals surface area contributed by atoms with Crippen LogP contribution >= 0.6 is 23.2 Å². The highest BCUT2D eigenvalue weighted by atomic mass is 35.5. The van der Waals surface area contributed by atoms with Crippen LogP contribution in [0.2, 0.25) is 10.0 Å². The first kappa shape index (κ1) is 30.3. The highest BCUT2D eigenvalue weighted by Gasteiger charge is 2.16. The van der Waals surface area contributed by atoms with Gasteiger partial charge in [0.15, 0.2) is 6.61 Å². The number of halogens is 2. The maximum absolute atomic E-state index is 12.3. The molecule has 1 aromatic rings. The number of rotatable bonds is 14. The van der Waals surface area contributed by atoms with Gasteiger partial charge in [0.1, 0.15) is 11.9 Å². The molecule has 0 bridgehead atoms. The number of esters is 2. The first-order chi connectivity index (χ1) is 16.6. The lowest BCUT2D eigenvalue weighted by Crippen LogP contribution is -2.23. The standard InChI is InChI=1S/C28H34Cl2O5/c1-20(2)25(35-28(32)19-34-26-17-15-23(29)18-24(26)30)16-14-22(4)12-9-11-21(3)10-7-6-8-13-27(31)33-5/h6-8,10,12-13,15,17-18,25H,1,9,11,14,16,19H2,2-5H3. The summed E-state index contributed by atoms with van der Waals surface area (Å²) in [4.78, 5) is 23.3. The minimum absolute atomic E-state index is 0.251. The van der Waals surface area contributed by atoms with E-state index in [1.165, 1.54) is 24.3 Å². The average molecular weight is 521 g/mol. The zero-order valence-corrected chi connectivity index (χ0v) is 22.3. The lowest BCUT2D eigenvalue weighted by atomic mass is 10.0. The van der Waals surface area contributed by atoms with Crippen LogP contribution in [0.5, 0.6) is 5.75 Å². The number of carbonyl (C=O) groups is 2. The number of benzene rings is 1. The summed E-state index contributed by atoms with van der Waals surface area (Å²) in [5.74, 6) is -0.493. The molecule has 0 N–H and O–H groups in total. The number of ether oxygens (including phenoxy) is 3. The molecule has 0 spiro atoms. The molecule has 0 saturated carbocycles. The van der Waals surface area contributed by atoms with E-state index in [4.69, 9.17) is 32.7 Å². The molecule has 1 unspecified atom stereocenters. The monoisotopic (exact) mass is 520 g/mol. The predicted molar refractivity (Wildman–Crippen MR) is 143 cm³/mol. The molecule has 35 heavy (non-hydrogen) atoms. The van der Waals surface area contributed by atoms with E-state index in [1.807, 2.05) is 19.1 Å². The zero-order valence-electron chi connectivity index (χ0n) is 20.8. The second kappa shape index (κ2) is 16.8. The van der Waals surface area contributed by atoms with Crippen molar-refractivity contribution in [1.29, 1.82) is 0 Å². The predicted octanol–water partition coefficient (Wildman–Crippen LogP) is 7.60. The van der Waals surface area contributed by atoms with Gasteiger partial charge in [-0.3, -0.25) is 0 Å². The lowest BCUT2D eigenvalue weighted by molar-refractivity contribution is -0.150. The SMILES string of the molecule is C=C(C)C(CCC(C)=CCCC(C)=CC=CC=CC(=O)OC)OC(=O)COc1ccc(Cl)cc1Cl. The molecule has 1 atom stereocenters. The summed E-state index contributed by atoms with van der Waals surface area (Å²) < 4.78 is 15.5. The van der Waals surface area contributed by atoms with E-state index in [0.29, 0.717) is 22.2 Å². The minimum Gasteiger partial charge on any atom is -0.480 e. The van der Waals surface area contributed by atoms with E-state index >= 15 is 0 Å². The summed E-state index contributed by atoms with van der Waals surface area (Å²) in [6.45, 7) is 9.68. The van der Waals surface area contributed by atoms with Crippen molar-refractivity contribution in [2.24, 2.45) is 0 Å². The molecule has 5 nitrogen and oxygen atoms in total. The van der Waals surface area contributed by atoms with Crippen LogP contribution in [-0.2, 0) is 19.1 Å². The average Bonchev–Trinajstić information content (AvgIpc) is 2.80. The first-order valence-corrected chi connectivity index (χ1v) is 12.0. The minimum atomic E-state index is -0.485. The Morgan fingerprint density at radius 2 is 1.80 bits per heavy atom. The molecule has 1 aromatic carbocycles. The molecule has 1 rings (SSSR count). The topological polar surface area (TPSA) is 61.8 Å². The van der Waals surface area contributed by atoms with Crippen LogP contribution in [0.3, 0.4) is 0 Å². The van der Waals surface area contributed by atoms with Gasteiger partial charge in [0.05, 0.1) is 12.1 Å². The third-order valence-corrected chi connectivity index (χ3v) is 5.46. The van der Waals surface area contributed by atoms with Gasteiger partial charge in [-0.25, -0.2) is 9.59 Å². The maximum atomic E-state index is 12.3. The Bertz CT molecular complexity index is 989. The highest BCUT2D eigenvalue weighted by Crippen LogP contribution is 2.27. The quantitative estimate of drug-likeness (QED) is 0.109. The van der Waals surface area contributed by atoms with E-state index in [2.05, 4.69) is 31.2 Å². The van der Waals surface area contributed by atoms with Crippen molar-refractivity contribution < 1.29 is 23.8 Å². The third-order valence-electron chi connectivity index (χ3n) is 4.93. The Hall–Kier alpha value is -2.76. The lowest BCUT2D eigenvalue weighted by Gasteiger charge is -2.18. The fourth-order valence-corrected chi connectivity index (χ4v) is 3.37. The molecular formula is C28H34Cl2O5. The molecule has 0 heterocycles. The van der Waals surface area contributed by atoms with Gasteiger partial charge in [-0.2, -0.15) is 0 Å². The van der Waals surface area contributed by atoms with Crippen molar-refractivity contribution in [3.05, 3.63) is 88.0 Å². The van der Waals surface area contributed by atoms with E-state index in [0.717, 1.165) is 24.8 Å². The Kier molecular flexibility index (Phi) is 14.5. The van der Waals surface area contributed by atoms with E-state index < -0.39 is 5.97 Å². The second-order valence-electron chi connectivity index (χ2n) is 8.10. The van der Waals surface area contributed by atoms with Crippen LogP contribution < -0.4 is 4.74 Å². The van der Waals surface area contributed by atoms with Crippen molar-refractivity contribution in [2.45, 2.75) is 52.6 Å². The molecule has 0 aromatic heterocycles. The molecule has 0 amide bonds. The summed E-state index contributed by atoms with van der Waals surface area (Å²) >= 11 is 11.9. The smallest absolute Gasteiger partial charge is 0.344 e. The van der Waals surface area contributed by atoms with Crippen LogP contribution in [-0.4, -0.2) is 31.8 Å². The zero-order chi connectivity index (χ0) is 26.2. The maximum Gasteiger partial charge on any atom is 0.344 e. The van der Waals surface area contributed by atoms with Gasteiger partial charge in [0.25, 0.3) is 0 Å². The third kappa shape index (κ3) is 13.6. The Balaban J connectivity index is 2.45. The van der Waals surface area contributed by atoms with Gasteiger partial charge in [-0.05, 0) is 70.2 Å². The fraction of sp³-hybridized carbons (Fsp3) is 0.357. The molecule has 0 saturated heterocycles. The van der Waals surface area contributed by atoms with E-state index in [1.54, 1.807) is 30.4 Å². The van der Waals surface area contributed by atoms with E-state index in [-0.39, 0.29) is 18.7 Å². The van der Waals surface area contributed by atoms with Gasteiger partial charge in [0.2, 0.25) is 0 Å². The van der Waals surface area contributed by atoms with Crippen LogP contribution in [0, 0.1) is 0 Å². The van der Waals surface area contributed by atoms with Crippen molar-refractivity contribution >= 4 is 35.1 Å². The molecule has 7 heteroatoms. The summed E-state index contributed by atoms with van der Waals surface area (Å²) in [5, 5.41) is 0.822.